The number of pyridine rings is 1. The van der Waals surface area contributed by atoms with Crippen LogP contribution in [0, 0.1) is 22.0 Å². The number of hydrogen-bond acceptors (Lipinski definition) is 5. The molecule has 7 heteroatoms. The van der Waals surface area contributed by atoms with Crippen LogP contribution in [-0.2, 0) is 0 Å². The van der Waals surface area contributed by atoms with Gasteiger partial charge in [0.1, 0.15) is 12.0 Å². The SMILES string of the molecule is Nc1ncc([N+](=O)[O-])cc1C(=O)N1CC2CCCC2C1. The summed E-state index contributed by atoms with van der Waals surface area (Å²) < 4.78 is 0. The lowest BCUT2D eigenvalue weighted by Gasteiger charge is -2.17. The maximum Gasteiger partial charge on any atom is 0.288 e. The summed E-state index contributed by atoms with van der Waals surface area (Å²) in [6, 6.07) is 1.22. The quantitative estimate of drug-likeness (QED) is 0.650. The van der Waals surface area contributed by atoms with E-state index in [1.807, 2.05) is 0 Å². The third kappa shape index (κ3) is 2.09. The lowest BCUT2D eigenvalue weighted by atomic mass is 10.0. The zero-order chi connectivity index (χ0) is 14.3. The Balaban J connectivity index is 1.84. The third-order valence-corrected chi connectivity index (χ3v) is 4.36. The summed E-state index contributed by atoms with van der Waals surface area (Å²) in [7, 11) is 0. The predicted molar refractivity (Wildman–Crippen MR) is 72.0 cm³/mol. The molecule has 0 bridgehead atoms. The summed E-state index contributed by atoms with van der Waals surface area (Å²) in [6.07, 6.45) is 4.64. The van der Waals surface area contributed by atoms with E-state index in [0.717, 1.165) is 32.1 Å². The number of aromatic nitrogens is 1. The van der Waals surface area contributed by atoms with E-state index in [1.54, 1.807) is 4.90 Å². The Labute approximate surface area is 115 Å². The normalized spacial score (nSPS) is 24.7. The molecule has 1 amide bonds. The van der Waals surface area contributed by atoms with Gasteiger partial charge < -0.3 is 10.6 Å². The topological polar surface area (TPSA) is 102 Å². The Hall–Kier alpha value is -2.18. The molecular weight excluding hydrogens is 260 g/mol. The van der Waals surface area contributed by atoms with Crippen molar-refractivity contribution in [3.63, 3.8) is 0 Å². The van der Waals surface area contributed by atoms with Gasteiger partial charge in [-0.05, 0) is 24.7 Å². The number of anilines is 1. The number of amides is 1. The number of carbonyl (C=O) groups excluding carboxylic acids is 1. The second-order valence-electron chi connectivity index (χ2n) is 5.54. The van der Waals surface area contributed by atoms with E-state index in [0.29, 0.717) is 11.8 Å². The summed E-state index contributed by atoms with van der Waals surface area (Å²) in [5.41, 5.74) is 5.62. The zero-order valence-electron chi connectivity index (χ0n) is 11.0. The van der Waals surface area contributed by atoms with Gasteiger partial charge in [0.2, 0.25) is 0 Å². The Morgan fingerprint density at radius 3 is 2.65 bits per heavy atom. The highest BCUT2D eigenvalue weighted by Gasteiger charge is 2.38. The van der Waals surface area contributed by atoms with Crippen LogP contribution in [0.4, 0.5) is 11.5 Å². The summed E-state index contributed by atoms with van der Waals surface area (Å²) in [5, 5.41) is 10.8. The molecule has 7 nitrogen and oxygen atoms in total. The highest BCUT2D eigenvalue weighted by Crippen LogP contribution is 2.38. The number of nitrogens with zero attached hydrogens (tertiary/aromatic N) is 3. The van der Waals surface area contributed by atoms with E-state index in [9.17, 15) is 14.9 Å². The minimum atomic E-state index is -0.568. The van der Waals surface area contributed by atoms with Crippen LogP contribution in [0.25, 0.3) is 0 Å². The van der Waals surface area contributed by atoms with Crippen LogP contribution in [-0.4, -0.2) is 33.8 Å². The van der Waals surface area contributed by atoms with Crippen LogP contribution >= 0.6 is 0 Å². The van der Waals surface area contributed by atoms with Crippen molar-refractivity contribution in [1.29, 1.82) is 0 Å². The van der Waals surface area contributed by atoms with Gasteiger partial charge in [-0.1, -0.05) is 6.42 Å². The number of nitro groups is 1. The van der Waals surface area contributed by atoms with Gasteiger partial charge in [-0.3, -0.25) is 14.9 Å². The van der Waals surface area contributed by atoms with Crippen molar-refractivity contribution in [2.45, 2.75) is 19.3 Å². The lowest BCUT2D eigenvalue weighted by Crippen LogP contribution is -2.30. The number of rotatable bonds is 2. The van der Waals surface area contributed by atoms with E-state index in [2.05, 4.69) is 4.98 Å². The van der Waals surface area contributed by atoms with E-state index in [4.69, 9.17) is 5.73 Å². The average molecular weight is 276 g/mol. The van der Waals surface area contributed by atoms with Crippen LogP contribution in [0.2, 0.25) is 0 Å². The van der Waals surface area contributed by atoms with Crippen molar-refractivity contribution in [2.75, 3.05) is 18.8 Å². The number of likely N-dealkylation sites (tertiary alicyclic amines) is 1. The highest BCUT2D eigenvalue weighted by atomic mass is 16.6. The molecule has 2 heterocycles. The van der Waals surface area contributed by atoms with E-state index >= 15 is 0 Å². The molecule has 106 valence electrons. The molecule has 1 aromatic rings. The molecule has 2 aliphatic rings. The molecule has 1 saturated heterocycles. The molecule has 2 unspecified atom stereocenters. The van der Waals surface area contributed by atoms with Gasteiger partial charge in [0.25, 0.3) is 11.6 Å². The second kappa shape index (κ2) is 4.73. The van der Waals surface area contributed by atoms with Gasteiger partial charge in [-0.15, -0.1) is 0 Å². The summed E-state index contributed by atoms with van der Waals surface area (Å²) in [4.78, 5) is 28.2. The Morgan fingerprint density at radius 2 is 2.05 bits per heavy atom. The fourth-order valence-electron chi connectivity index (χ4n) is 3.31. The van der Waals surface area contributed by atoms with Crippen LogP contribution in [0.15, 0.2) is 12.3 Å². The number of nitrogen functional groups attached to an aromatic ring is 1. The minimum Gasteiger partial charge on any atom is -0.383 e. The number of carbonyl (C=O) groups is 1. The van der Waals surface area contributed by atoms with Crippen LogP contribution in [0.3, 0.4) is 0 Å². The Kier molecular flexibility index (Phi) is 3.04. The molecule has 0 spiro atoms. The molecule has 1 aliphatic carbocycles. The van der Waals surface area contributed by atoms with Crippen molar-refractivity contribution in [3.8, 4) is 0 Å². The smallest absolute Gasteiger partial charge is 0.288 e. The van der Waals surface area contributed by atoms with Crippen molar-refractivity contribution in [3.05, 3.63) is 27.9 Å². The molecule has 20 heavy (non-hydrogen) atoms. The molecular formula is C13H16N4O3. The van der Waals surface area contributed by atoms with Crippen molar-refractivity contribution < 1.29 is 9.72 Å². The second-order valence-corrected chi connectivity index (χ2v) is 5.54. The first-order chi connectivity index (χ1) is 9.56. The fourth-order valence-corrected chi connectivity index (χ4v) is 3.31. The summed E-state index contributed by atoms with van der Waals surface area (Å²) >= 11 is 0. The molecule has 1 aromatic heterocycles. The highest BCUT2D eigenvalue weighted by molar-refractivity contribution is 5.99. The zero-order valence-corrected chi connectivity index (χ0v) is 11.0. The largest absolute Gasteiger partial charge is 0.383 e. The summed E-state index contributed by atoms with van der Waals surface area (Å²) in [5.74, 6) is 0.962. The monoisotopic (exact) mass is 276 g/mol. The van der Waals surface area contributed by atoms with Gasteiger partial charge in [-0.2, -0.15) is 0 Å². The number of hydrogen-bond donors (Lipinski definition) is 1. The Morgan fingerprint density at radius 1 is 1.40 bits per heavy atom. The first-order valence-electron chi connectivity index (χ1n) is 6.75. The van der Waals surface area contributed by atoms with Gasteiger partial charge >= 0.3 is 0 Å². The molecule has 0 radical (unpaired) electrons. The molecule has 1 saturated carbocycles. The van der Waals surface area contributed by atoms with E-state index in [-0.39, 0.29) is 23.0 Å². The van der Waals surface area contributed by atoms with Crippen molar-refractivity contribution >= 4 is 17.4 Å². The van der Waals surface area contributed by atoms with Gasteiger partial charge in [0.15, 0.2) is 0 Å². The van der Waals surface area contributed by atoms with Crippen LogP contribution in [0.1, 0.15) is 29.6 Å². The van der Waals surface area contributed by atoms with Crippen LogP contribution in [0.5, 0.6) is 0 Å². The summed E-state index contributed by atoms with van der Waals surface area (Å²) in [6.45, 7) is 1.46. The molecule has 2 fully saturated rings. The maximum atomic E-state index is 12.5. The molecule has 2 atom stereocenters. The average Bonchev–Trinajstić information content (AvgIpc) is 2.98. The van der Waals surface area contributed by atoms with E-state index in [1.165, 1.54) is 12.5 Å². The maximum absolute atomic E-state index is 12.5. The van der Waals surface area contributed by atoms with E-state index < -0.39 is 4.92 Å². The van der Waals surface area contributed by atoms with Crippen molar-refractivity contribution in [1.82, 2.24) is 9.88 Å². The Bertz CT molecular complexity index is 563. The van der Waals surface area contributed by atoms with Gasteiger partial charge in [0, 0.05) is 19.2 Å². The van der Waals surface area contributed by atoms with Crippen LogP contribution < -0.4 is 5.73 Å². The minimum absolute atomic E-state index is 0.0534. The third-order valence-electron chi connectivity index (χ3n) is 4.36. The first-order valence-corrected chi connectivity index (χ1v) is 6.75. The van der Waals surface area contributed by atoms with Crippen molar-refractivity contribution in [2.24, 2.45) is 11.8 Å². The molecule has 0 aromatic carbocycles. The standard InChI is InChI=1S/C13H16N4O3/c14-12-11(4-10(5-15-12)17(19)20)13(18)16-6-8-2-1-3-9(8)7-16/h4-5,8-9H,1-3,6-7H2,(H2,14,15). The predicted octanol–water partition coefficient (Wildman–Crippen LogP) is 1.44. The molecule has 1 aliphatic heterocycles. The molecule has 2 N–H and O–H groups in total. The lowest BCUT2D eigenvalue weighted by molar-refractivity contribution is -0.385. The van der Waals surface area contributed by atoms with Gasteiger partial charge in [-0.25, -0.2) is 4.98 Å². The van der Waals surface area contributed by atoms with Gasteiger partial charge in [0.05, 0.1) is 10.5 Å². The number of nitrogens with two attached hydrogens (primary N) is 1. The first kappa shape index (κ1) is 12.8. The molecule has 3 rings (SSSR count). The fraction of sp³-hybridized carbons (Fsp3) is 0.538. The number of fused-ring (bicyclic) bond motifs is 1.